The Bertz CT molecular complexity index is 388. The lowest BCUT2D eigenvalue weighted by Crippen LogP contribution is -2.03. The number of hydrogen-bond donors (Lipinski definition) is 1. The van der Waals surface area contributed by atoms with E-state index in [1.165, 1.54) is 6.07 Å². The summed E-state index contributed by atoms with van der Waals surface area (Å²) in [5.41, 5.74) is 0.818. The Morgan fingerprint density at radius 3 is 3.07 bits per heavy atom. The summed E-state index contributed by atoms with van der Waals surface area (Å²) in [5, 5.41) is 8.89. The lowest BCUT2D eigenvalue weighted by molar-refractivity contribution is 0.0695. The zero-order chi connectivity index (χ0) is 10.8. The van der Waals surface area contributed by atoms with Gasteiger partial charge >= 0.3 is 5.97 Å². The van der Waals surface area contributed by atoms with Crippen LogP contribution < -0.4 is 0 Å². The molecule has 1 aliphatic heterocycles. The largest absolute Gasteiger partial charge is 0.478 e. The molecule has 0 aromatic carbocycles. The normalized spacial score (nSPS) is 20.5. The molecule has 2 rings (SSSR count). The van der Waals surface area contributed by atoms with Gasteiger partial charge in [0.15, 0.2) is 0 Å². The van der Waals surface area contributed by atoms with Gasteiger partial charge in [-0.1, -0.05) is 11.6 Å². The Hall–Kier alpha value is -1.13. The van der Waals surface area contributed by atoms with Crippen LogP contribution in [0.3, 0.4) is 0 Å². The molecule has 0 radical (unpaired) electrons. The Kier molecular flexibility index (Phi) is 2.88. The number of aromatic carboxylic acids is 1. The summed E-state index contributed by atoms with van der Waals surface area (Å²) < 4.78 is 5.44. The van der Waals surface area contributed by atoms with Crippen molar-refractivity contribution in [3.05, 3.63) is 28.5 Å². The molecular formula is C10H10ClNO3. The van der Waals surface area contributed by atoms with Crippen LogP contribution in [0.2, 0.25) is 5.15 Å². The van der Waals surface area contributed by atoms with Crippen molar-refractivity contribution in [2.45, 2.75) is 18.9 Å². The maximum Gasteiger partial charge on any atom is 0.338 e. The van der Waals surface area contributed by atoms with Crippen molar-refractivity contribution >= 4 is 17.6 Å². The molecule has 4 nitrogen and oxygen atoms in total. The monoisotopic (exact) mass is 227 g/mol. The molecular weight excluding hydrogens is 218 g/mol. The van der Waals surface area contributed by atoms with E-state index >= 15 is 0 Å². The molecule has 1 fully saturated rings. The molecule has 1 aliphatic rings. The second-order valence-electron chi connectivity index (χ2n) is 3.41. The predicted molar refractivity (Wildman–Crippen MR) is 54.1 cm³/mol. The van der Waals surface area contributed by atoms with E-state index in [1.54, 1.807) is 6.20 Å². The average molecular weight is 228 g/mol. The summed E-state index contributed by atoms with van der Waals surface area (Å²) >= 11 is 5.67. The maximum atomic E-state index is 10.8. The standard InChI is InChI=1S/C10H10ClNO3/c11-9-7(10(13)14)4-6(5-12-9)8-2-1-3-15-8/h4-5,8H,1-3H2,(H,13,14). The summed E-state index contributed by atoms with van der Waals surface area (Å²) in [6, 6.07) is 1.54. The highest BCUT2D eigenvalue weighted by atomic mass is 35.5. The molecule has 0 bridgehead atoms. The highest BCUT2D eigenvalue weighted by Gasteiger charge is 2.20. The highest BCUT2D eigenvalue weighted by Crippen LogP contribution is 2.29. The first kappa shape index (κ1) is 10.4. The number of ether oxygens (including phenoxy) is 1. The van der Waals surface area contributed by atoms with Gasteiger partial charge in [-0.2, -0.15) is 0 Å². The van der Waals surface area contributed by atoms with Crippen LogP contribution in [0.1, 0.15) is 34.9 Å². The van der Waals surface area contributed by atoms with Crippen molar-refractivity contribution in [1.82, 2.24) is 4.98 Å². The molecule has 15 heavy (non-hydrogen) atoms. The Labute approximate surface area is 91.8 Å². The van der Waals surface area contributed by atoms with Crippen LogP contribution >= 0.6 is 11.6 Å². The van der Waals surface area contributed by atoms with Gasteiger partial charge in [0, 0.05) is 18.4 Å². The Balaban J connectivity index is 2.33. The van der Waals surface area contributed by atoms with Gasteiger partial charge in [0.05, 0.1) is 11.7 Å². The minimum atomic E-state index is -1.06. The number of carboxylic acid groups (broad SMARTS) is 1. The lowest BCUT2D eigenvalue weighted by Gasteiger charge is -2.10. The fourth-order valence-electron chi connectivity index (χ4n) is 1.63. The summed E-state index contributed by atoms with van der Waals surface area (Å²) in [7, 11) is 0. The third-order valence-electron chi connectivity index (χ3n) is 2.39. The minimum Gasteiger partial charge on any atom is -0.478 e. The number of hydrogen-bond acceptors (Lipinski definition) is 3. The first-order valence-corrected chi connectivity index (χ1v) is 5.06. The summed E-state index contributed by atoms with van der Waals surface area (Å²) in [6.07, 6.45) is 3.44. The summed E-state index contributed by atoms with van der Waals surface area (Å²) in [5.74, 6) is -1.06. The zero-order valence-corrected chi connectivity index (χ0v) is 8.70. The first-order chi connectivity index (χ1) is 7.18. The van der Waals surface area contributed by atoms with Gasteiger partial charge in [-0.3, -0.25) is 0 Å². The van der Waals surface area contributed by atoms with Crippen LogP contribution in [0.15, 0.2) is 12.3 Å². The van der Waals surface area contributed by atoms with E-state index in [-0.39, 0.29) is 16.8 Å². The molecule has 80 valence electrons. The number of carbonyl (C=O) groups is 1. The molecule has 1 unspecified atom stereocenters. The molecule has 2 heterocycles. The second kappa shape index (κ2) is 4.16. The molecule has 0 spiro atoms. The van der Waals surface area contributed by atoms with Crippen molar-refractivity contribution in [3.8, 4) is 0 Å². The Morgan fingerprint density at radius 2 is 2.47 bits per heavy atom. The molecule has 1 saturated heterocycles. The molecule has 1 N–H and O–H groups in total. The molecule has 1 aromatic rings. The van der Waals surface area contributed by atoms with Crippen molar-refractivity contribution in [2.24, 2.45) is 0 Å². The van der Waals surface area contributed by atoms with Crippen LogP contribution in [0.4, 0.5) is 0 Å². The van der Waals surface area contributed by atoms with Crippen LogP contribution in [0.5, 0.6) is 0 Å². The summed E-state index contributed by atoms with van der Waals surface area (Å²) in [4.78, 5) is 14.7. The molecule has 0 aliphatic carbocycles. The van der Waals surface area contributed by atoms with Crippen molar-refractivity contribution < 1.29 is 14.6 Å². The van der Waals surface area contributed by atoms with Crippen LogP contribution in [-0.4, -0.2) is 22.7 Å². The van der Waals surface area contributed by atoms with Gasteiger partial charge < -0.3 is 9.84 Å². The van der Waals surface area contributed by atoms with Gasteiger partial charge in [0.25, 0.3) is 0 Å². The van der Waals surface area contributed by atoms with E-state index in [4.69, 9.17) is 21.4 Å². The number of carboxylic acids is 1. The number of nitrogens with zero attached hydrogens (tertiary/aromatic N) is 1. The third-order valence-corrected chi connectivity index (χ3v) is 2.69. The highest BCUT2D eigenvalue weighted by molar-refractivity contribution is 6.32. The molecule has 0 amide bonds. The van der Waals surface area contributed by atoms with E-state index in [1.807, 2.05) is 0 Å². The van der Waals surface area contributed by atoms with Gasteiger partial charge in [0.1, 0.15) is 5.15 Å². The van der Waals surface area contributed by atoms with Crippen LogP contribution in [0.25, 0.3) is 0 Å². The number of halogens is 1. The van der Waals surface area contributed by atoms with Gasteiger partial charge in [-0.25, -0.2) is 9.78 Å². The number of rotatable bonds is 2. The number of pyridine rings is 1. The minimum absolute atomic E-state index is 0.0178. The fraction of sp³-hybridized carbons (Fsp3) is 0.400. The van der Waals surface area contributed by atoms with E-state index in [0.29, 0.717) is 0 Å². The summed E-state index contributed by atoms with van der Waals surface area (Å²) in [6.45, 7) is 0.718. The lowest BCUT2D eigenvalue weighted by atomic mass is 10.1. The van der Waals surface area contributed by atoms with Crippen LogP contribution in [-0.2, 0) is 4.74 Å². The van der Waals surface area contributed by atoms with Gasteiger partial charge in [-0.15, -0.1) is 0 Å². The van der Waals surface area contributed by atoms with E-state index in [9.17, 15) is 4.79 Å². The molecule has 0 saturated carbocycles. The smallest absolute Gasteiger partial charge is 0.338 e. The predicted octanol–water partition coefficient (Wildman–Crippen LogP) is 2.28. The van der Waals surface area contributed by atoms with Crippen molar-refractivity contribution in [2.75, 3.05) is 6.61 Å². The quantitative estimate of drug-likeness (QED) is 0.788. The molecule has 1 aromatic heterocycles. The second-order valence-corrected chi connectivity index (χ2v) is 3.77. The van der Waals surface area contributed by atoms with Gasteiger partial charge in [-0.05, 0) is 18.9 Å². The first-order valence-electron chi connectivity index (χ1n) is 4.69. The Morgan fingerprint density at radius 1 is 1.67 bits per heavy atom. The maximum absolute atomic E-state index is 10.8. The van der Waals surface area contributed by atoms with E-state index < -0.39 is 5.97 Å². The van der Waals surface area contributed by atoms with Gasteiger partial charge in [0.2, 0.25) is 0 Å². The average Bonchev–Trinajstić information content (AvgIpc) is 2.71. The molecule has 5 heteroatoms. The van der Waals surface area contributed by atoms with Crippen LogP contribution in [0, 0.1) is 0 Å². The topological polar surface area (TPSA) is 59.4 Å². The fourth-order valence-corrected chi connectivity index (χ4v) is 1.82. The van der Waals surface area contributed by atoms with Crippen molar-refractivity contribution in [3.63, 3.8) is 0 Å². The zero-order valence-electron chi connectivity index (χ0n) is 7.94. The SMILES string of the molecule is O=C(O)c1cc(C2CCCO2)cnc1Cl. The molecule has 1 atom stereocenters. The van der Waals surface area contributed by atoms with E-state index in [2.05, 4.69) is 4.98 Å². The van der Waals surface area contributed by atoms with E-state index in [0.717, 1.165) is 25.0 Å². The number of aromatic nitrogens is 1. The van der Waals surface area contributed by atoms with Crippen molar-refractivity contribution in [1.29, 1.82) is 0 Å². The third kappa shape index (κ3) is 2.11.